The molecule has 1 saturated heterocycles. The topological polar surface area (TPSA) is 47.2 Å². The van der Waals surface area contributed by atoms with Gasteiger partial charge in [0.2, 0.25) is 0 Å². The summed E-state index contributed by atoms with van der Waals surface area (Å²) in [6.07, 6.45) is 4.97. The molecular formula is C22H37N3O2+2. The number of ether oxygens (including phenoxy) is 1. The largest absolute Gasteiger partial charge is 0.496 e. The molecule has 5 heteroatoms. The molecule has 0 aromatic heterocycles. The van der Waals surface area contributed by atoms with Gasteiger partial charge in [-0.05, 0) is 37.8 Å². The number of methoxy groups -OCH3 is 1. The highest BCUT2D eigenvalue weighted by atomic mass is 16.5. The van der Waals surface area contributed by atoms with Gasteiger partial charge in [0, 0.05) is 11.6 Å². The molecule has 3 rings (SSSR count). The normalized spacial score (nSPS) is 28.6. The number of benzene rings is 1. The van der Waals surface area contributed by atoms with Gasteiger partial charge >= 0.3 is 0 Å². The van der Waals surface area contributed by atoms with Crippen molar-refractivity contribution in [3.8, 4) is 5.75 Å². The van der Waals surface area contributed by atoms with Crippen LogP contribution < -0.4 is 19.9 Å². The van der Waals surface area contributed by atoms with Crippen LogP contribution >= 0.6 is 0 Å². The van der Waals surface area contributed by atoms with Gasteiger partial charge in [-0.15, -0.1) is 0 Å². The Kier molecular flexibility index (Phi) is 7.13. The van der Waals surface area contributed by atoms with Crippen LogP contribution in [0, 0.1) is 12.8 Å². The minimum absolute atomic E-state index is 0.243. The Morgan fingerprint density at radius 3 is 2.56 bits per heavy atom. The maximum Gasteiger partial charge on any atom is 0.275 e. The second-order valence-corrected chi connectivity index (χ2v) is 8.60. The number of carbonyl (C=O) groups excluding carboxylic acids is 1. The highest BCUT2D eigenvalue weighted by molar-refractivity contribution is 5.77. The molecular weight excluding hydrogens is 338 g/mol. The number of nitrogens with one attached hydrogen (secondary N) is 3. The first-order valence-electron chi connectivity index (χ1n) is 10.6. The van der Waals surface area contributed by atoms with Gasteiger partial charge in [-0.1, -0.05) is 31.4 Å². The average Bonchev–Trinajstić information content (AvgIpc) is 2.65. The number of hydrogen-bond acceptors (Lipinski definition) is 2. The van der Waals surface area contributed by atoms with Gasteiger partial charge in [-0.2, -0.15) is 0 Å². The van der Waals surface area contributed by atoms with E-state index in [1.807, 2.05) is 0 Å². The maximum absolute atomic E-state index is 12.5. The first-order valence-corrected chi connectivity index (χ1v) is 10.6. The molecule has 2 atom stereocenters. The monoisotopic (exact) mass is 375 g/mol. The molecule has 1 aliphatic heterocycles. The van der Waals surface area contributed by atoms with E-state index >= 15 is 0 Å². The molecule has 1 amide bonds. The van der Waals surface area contributed by atoms with Crippen molar-refractivity contribution in [1.82, 2.24) is 5.32 Å². The Morgan fingerprint density at radius 1 is 1.15 bits per heavy atom. The number of piperazine rings is 1. The second-order valence-electron chi connectivity index (χ2n) is 8.60. The zero-order valence-corrected chi connectivity index (χ0v) is 17.3. The van der Waals surface area contributed by atoms with Crippen LogP contribution in [0.2, 0.25) is 0 Å². The molecule has 2 fully saturated rings. The highest BCUT2D eigenvalue weighted by Crippen LogP contribution is 2.23. The van der Waals surface area contributed by atoms with E-state index in [0.717, 1.165) is 44.9 Å². The van der Waals surface area contributed by atoms with Crippen molar-refractivity contribution < 1.29 is 19.3 Å². The molecule has 5 nitrogen and oxygen atoms in total. The first-order chi connectivity index (χ1) is 13.0. The lowest BCUT2D eigenvalue weighted by molar-refractivity contribution is -1.02. The zero-order chi connectivity index (χ0) is 19.2. The third-order valence-electron chi connectivity index (χ3n) is 6.41. The number of amides is 1. The van der Waals surface area contributed by atoms with Crippen molar-refractivity contribution in [1.29, 1.82) is 0 Å². The average molecular weight is 376 g/mol. The Hall–Kier alpha value is -1.59. The van der Waals surface area contributed by atoms with E-state index in [2.05, 4.69) is 37.4 Å². The van der Waals surface area contributed by atoms with Crippen LogP contribution in [0.15, 0.2) is 18.2 Å². The molecule has 0 radical (unpaired) electrons. The number of carbonyl (C=O) groups is 1. The summed E-state index contributed by atoms with van der Waals surface area (Å²) in [5.74, 6) is 1.86. The molecule has 1 aliphatic carbocycles. The summed E-state index contributed by atoms with van der Waals surface area (Å²) >= 11 is 0. The van der Waals surface area contributed by atoms with Crippen LogP contribution in [0.4, 0.5) is 0 Å². The summed E-state index contributed by atoms with van der Waals surface area (Å²) in [6.45, 7) is 10.4. The summed E-state index contributed by atoms with van der Waals surface area (Å²) in [5, 5.41) is 3.31. The van der Waals surface area contributed by atoms with E-state index in [1.165, 1.54) is 35.3 Å². The quantitative estimate of drug-likeness (QED) is 0.655. The second kappa shape index (κ2) is 9.56. The van der Waals surface area contributed by atoms with Crippen LogP contribution in [0.5, 0.6) is 5.75 Å². The van der Waals surface area contributed by atoms with E-state index < -0.39 is 0 Å². The van der Waals surface area contributed by atoms with Crippen molar-refractivity contribution in [3.63, 3.8) is 0 Å². The van der Waals surface area contributed by atoms with Crippen molar-refractivity contribution in [2.24, 2.45) is 5.92 Å². The van der Waals surface area contributed by atoms with Gasteiger partial charge in [0.1, 0.15) is 38.5 Å². The fourth-order valence-electron chi connectivity index (χ4n) is 4.64. The third-order valence-corrected chi connectivity index (χ3v) is 6.41. The van der Waals surface area contributed by atoms with Gasteiger partial charge < -0.3 is 19.9 Å². The summed E-state index contributed by atoms with van der Waals surface area (Å²) in [4.78, 5) is 15.5. The molecule has 0 unspecified atom stereocenters. The van der Waals surface area contributed by atoms with Crippen molar-refractivity contribution in [2.75, 3.05) is 39.8 Å². The summed E-state index contributed by atoms with van der Waals surface area (Å²) < 4.78 is 5.52. The summed E-state index contributed by atoms with van der Waals surface area (Å²) in [5.41, 5.74) is 2.57. The predicted molar refractivity (Wildman–Crippen MR) is 107 cm³/mol. The van der Waals surface area contributed by atoms with Crippen LogP contribution in [-0.2, 0) is 11.3 Å². The Morgan fingerprint density at radius 2 is 1.85 bits per heavy atom. The lowest BCUT2D eigenvalue weighted by atomic mass is 9.86. The molecule has 1 aromatic rings. The van der Waals surface area contributed by atoms with E-state index in [0.29, 0.717) is 18.5 Å². The number of rotatable bonds is 6. The van der Waals surface area contributed by atoms with Gasteiger partial charge in [0.25, 0.3) is 5.91 Å². The Labute approximate surface area is 164 Å². The third kappa shape index (κ3) is 5.69. The standard InChI is InChI=1S/C22H35N3O2/c1-17-8-9-21(27-3)19(14-17)15-24-10-12-25(13-11-24)16-22(26)23-20-7-5-4-6-18(20)2/h8-9,14,18,20H,4-7,10-13,15-16H2,1-3H3,(H,23,26)/p+2/t18-,20+/m1/s1. The van der Waals surface area contributed by atoms with Crippen molar-refractivity contribution in [3.05, 3.63) is 29.3 Å². The number of aryl methyl sites for hydroxylation is 1. The molecule has 0 spiro atoms. The fourth-order valence-corrected chi connectivity index (χ4v) is 4.64. The fraction of sp³-hybridized carbons (Fsp3) is 0.682. The van der Waals surface area contributed by atoms with E-state index in [1.54, 1.807) is 12.0 Å². The molecule has 1 heterocycles. The first kappa shape index (κ1) is 20.2. The van der Waals surface area contributed by atoms with Crippen molar-refractivity contribution in [2.45, 2.75) is 52.1 Å². The predicted octanol–water partition coefficient (Wildman–Crippen LogP) is -0.0181. The lowest BCUT2D eigenvalue weighted by Gasteiger charge is -2.32. The Balaban J connectivity index is 1.43. The lowest BCUT2D eigenvalue weighted by Crippen LogP contribution is -3.28. The van der Waals surface area contributed by atoms with E-state index in [9.17, 15) is 4.79 Å². The van der Waals surface area contributed by atoms with Gasteiger partial charge in [-0.25, -0.2) is 0 Å². The number of hydrogen-bond donors (Lipinski definition) is 3. The molecule has 3 N–H and O–H groups in total. The van der Waals surface area contributed by atoms with Crippen LogP contribution in [0.3, 0.4) is 0 Å². The minimum Gasteiger partial charge on any atom is -0.496 e. The van der Waals surface area contributed by atoms with Gasteiger partial charge in [0.15, 0.2) is 6.54 Å². The summed E-state index contributed by atoms with van der Waals surface area (Å²) in [6, 6.07) is 6.81. The zero-order valence-electron chi connectivity index (χ0n) is 17.3. The van der Waals surface area contributed by atoms with E-state index in [-0.39, 0.29) is 5.91 Å². The van der Waals surface area contributed by atoms with Gasteiger partial charge in [-0.3, -0.25) is 4.79 Å². The number of quaternary nitrogens is 2. The molecule has 150 valence electrons. The minimum atomic E-state index is 0.243. The van der Waals surface area contributed by atoms with E-state index in [4.69, 9.17) is 4.74 Å². The van der Waals surface area contributed by atoms with Crippen LogP contribution in [0.25, 0.3) is 0 Å². The molecule has 2 aliphatic rings. The maximum atomic E-state index is 12.5. The molecule has 27 heavy (non-hydrogen) atoms. The molecule has 1 saturated carbocycles. The SMILES string of the molecule is COc1ccc(C)cc1C[NH+]1CC[NH+](CC(=O)N[C@H]2CCCC[C@H]2C)CC1. The Bertz CT molecular complexity index is 626. The van der Waals surface area contributed by atoms with Crippen molar-refractivity contribution >= 4 is 5.91 Å². The van der Waals surface area contributed by atoms with Crippen LogP contribution in [0.1, 0.15) is 43.7 Å². The molecule has 1 aromatic carbocycles. The smallest absolute Gasteiger partial charge is 0.275 e. The van der Waals surface area contributed by atoms with Crippen LogP contribution in [-0.4, -0.2) is 51.8 Å². The van der Waals surface area contributed by atoms with Gasteiger partial charge in [0.05, 0.1) is 7.11 Å². The summed E-state index contributed by atoms with van der Waals surface area (Å²) in [7, 11) is 1.75. The highest BCUT2D eigenvalue weighted by Gasteiger charge is 2.28. The molecule has 0 bridgehead atoms.